The number of benzene rings is 1. The molecular weight excluding hydrogens is 251 g/mol. The highest BCUT2D eigenvalue weighted by Crippen LogP contribution is 2.11. The number of allylic oxidation sites excluding steroid dienone is 1. The lowest BCUT2D eigenvalue weighted by atomic mass is 10.1. The third-order valence-corrected chi connectivity index (χ3v) is 2.47. The number of hydrogen-bond donors (Lipinski definition) is 0. The Morgan fingerprint density at radius 1 is 1.38 bits per heavy atom. The van der Waals surface area contributed by atoms with Gasteiger partial charge >= 0.3 is 0 Å². The second-order valence-corrected chi connectivity index (χ2v) is 3.24. The van der Waals surface area contributed by atoms with Gasteiger partial charge in [-0.2, -0.15) is 0 Å². The average Bonchev–Trinajstić information content (AvgIpc) is 2.21. The lowest BCUT2D eigenvalue weighted by Gasteiger charge is -2.00. The third kappa shape index (κ3) is 2.68. The maximum Gasteiger partial charge on any atom is 0.190 e. The van der Waals surface area contributed by atoms with Crippen LogP contribution in [0.15, 0.2) is 41.4 Å². The molecule has 1 nitrogen and oxygen atoms in total. The van der Waals surface area contributed by atoms with Gasteiger partial charge in [-0.15, -0.1) is 0 Å². The SMILES string of the molecule is O=C(/C(=C/Cl)CBr)c1ccccc1. The lowest BCUT2D eigenvalue weighted by molar-refractivity contribution is 0.103. The zero-order chi connectivity index (χ0) is 9.68. The van der Waals surface area contributed by atoms with E-state index in [0.717, 1.165) is 0 Å². The summed E-state index contributed by atoms with van der Waals surface area (Å²) in [6, 6.07) is 9.06. The van der Waals surface area contributed by atoms with Gasteiger partial charge in [0.2, 0.25) is 0 Å². The van der Waals surface area contributed by atoms with Crippen molar-refractivity contribution in [3.63, 3.8) is 0 Å². The molecule has 0 amide bonds. The Bertz CT molecular complexity index is 319. The van der Waals surface area contributed by atoms with Crippen LogP contribution in [0.25, 0.3) is 0 Å². The lowest BCUT2D eigenvalue weighted by Crippen LogP contribution is -2.03. The Morgan fingerprint density at radius 3 is 2.46 bits per heavy atom. The van der Waals surface area contributed by atoms with Gasteiger partial charge in [-0.25, -0.2) is 0 Å². The summed E-state index contributed by atoms with van der Waals surface area (Å²) in [5.41, 5.74) is 2.53. The molecule has 0 atom stereocenters. The molecular formula is C10H8BrClO. The fourth-order valence-electron chi connectivity index (χ4n) is 0.914. The van der Waals surface area contributed by atoms with Gasteiger partial charge in [0.05, 0.1) is 0 Å². The molecule has 0 N–H and O–H groups in total. The molecule has 1 rings (SSSR count). The molecule has 0 saturated heterocycles. The first-order chi connectivity index (χ1) is 6.29. The largest absolute Gasteiger partial charge is 0.289 e. The van der Waals surface area contributed by atoms with E-state index in [0.29, 0.717) is 16.5 Å². The molecule has 68 valence electrons. The van der Waals surface area contributed by atoms with Crippen molar-refractivity contribution in [2.45, 2.75) is 0 Å². The highest BCUT2D eigenvalue weighted by Gasteiger charge is 2.09. The maximum atomic E-state index is 11.6. The van der Waals surface area contributed by atoms with Crippen LogP contribution in [0.1, 0.15) is 10.4 Å². The van der Waals surface area contributed by atoms with Crippen LogP contribution in [-0.2, 0) is 0 Å². The summed E-state index contributed by atoms with van der Waals surface area (Å²) in [7, 11) is 0. The Morgan fingerprint density at radius 2 is 2.00 bits per heavy atom. The van der Waals surface area contributed by atoms with Gasteiger partial charge < -0.3 is 0 Å². The second-order valence-electron chi connectivity index (χ2n) is 2.46. The van der Waals surface area contributed by atoms with Gasteiger partial charge in [-0.3, -0.25) is 4.79 Å². The molecule has 0 fully saturated rings. The van der Waals surface area contributed by atoms with Gasteiger partial charge in [-0.1, -0.05) is 57.9 Å². The highest BCUT2D eigenvalue weighted by molar-refractivity contribution is 9.09. The van der Waals surface area contributed by atoms with Gasteiger partial charge in [0.25, 0.3) is 0 Å². The van der Waals surface area contributed by atoms with E-state index in [4.69, 9.17) is 11.6 Å². The van der Waals surface area contributed by atoms with Crippen LogP contribution < -0.4 is 0 Å². The van der Waals surface area contributed by atoms with Crippen LogP contribution >= 0.6 is 27.5 Å². The number of rotatable bonds is 3. The smallest absolute Gasteiger partial charge is 0.190 e. The number of Topliss-reactive ketones (excluding diaryl/α,β-unsaturated/α-hetero) is 1. The summed E-state index contributed by atoms with van der Waals surface area (Å²) in [5.74, 6) is -0.0347. The maximum absolute atomic E-state index is 11.6. The van der Waals surface area contributed by atoms with Crippen molar-refractivity contribution in [2.24, 2.45) is 0 Å². The molecule has 3 heteroatoms. The first-order valence-electron chi connectivity index (χ1n) is 3.74. The van der Waals surface area contributed by atoms with Gasteiger partial charge in [-0.05, 0) is 0 Å². The summed E-state index contributed by atoms with van der Waals surface area (Å²) in [6.45, 7) is 0. The van der Waals surface area contributed by atoms with Gasteiger partial charge in [0, 0.05) is 22.0 Å². The molecule has 0 aliphatic rings. The number of carbonyl (C=O) groups is 1. The van der Waals surface area contributed by atoms with Crippen molar-refractivity contribution in [3.05, 3.63) is 47.0 Å². The van der Waals surface area contributed by atoms with E-state index in [1.165, 1.54) is 5.54 Å². The number of ketones is 1. The van der Waals surface area contributed by atoms with Crippen LogP contribution in [0.2, 0.25) is 0 Å². The molecule has 0 aliphatic carbocycles. The average molecular weight is 260 g/mol. The highest BCUT2D eigenvalue weighted by atomic mass is 79.9. The topological polar surface area (TPSA) is 17.1 Å². The van der Waals surface area contributed by atoms with Gasteiger partial charge in [0.1, 0.15) is 0 Å². The number of carbonyl (C=O) groups excluding carboxylic acids is 1. The van der Waals surface area contributed by atoms with E-state index in [1.807, 2.05) is 18.2 Å². The van der Waals surface area contributed by atoms with Crippen molar-refractivity contribution >= 4 is 33.3 Å². The normalized spacial score (nSPS) is 11.4. The standard InChI is InChI=1S/C10H8BrClO/c11-6-9(7-12)10(13)8-4-2-1-3-5-8/h1-5,7H,6H2/b9-7+. The minimum atomic E-state index is -0.0347. The second kappa shape index (κ2) is 5.20. The van der Waals surface area contributed by atoms with E-state index in [2.05, 4.69) is 15.9 Å². The predicted octanol–water partition coefficient (Wildman–Crippen LogP) is 3.39. The molecule has 0 spiro atoms. The molecule has 13 heavy (non-hydrogen) atoms. The fourth-order valence-corrected chi connectivity index (χ4v) is 1.69. The molecule has 0 aliphatic heterocycles. The van der Waals surface area contributed by atoms with Gasteiger partial charge in [0.15, 0.2) is 5.78 Å². The van der Waals surface area contributed by atoms with E-state index in [1.54, 1.807) is 12.1 Å². The predicted molar refractivity (Wildman–Crippen MR) is 58.5 cm³/mol. The van der Waals surface area contributed by atoms with Crippen LogP contribution in [0.5, 0.6) is 0 Å². The van der Waals surface area contributed by atoms with E-state index in [-0.39, 0.29) is 5.78 Å². The number of alkyl halides is 1. The van der Waals surface area contributed by atoms with E-state index < -0.39 is 0 Å². The molecule has 0 saturated carbocycles. The van der Waals surface area contributed by atoms with Crippen molar-refractivity contribution in [1.82, 2.24) is 0 Å². The van der Waals surface area contributed by atoms with Crippen molar-refractivity contribution < 1.29 is 4.79 Å². The number of halogens is 2. The first kappa shape index (κ1) is 10.5. The fraction of sp³-hybridized carbons (Fsp3) is 0.100. The summed E-state index contributed by atoms with van der Waals surface area (Å²) < 4.78 is 0. The Balaban J connectivity index is 2.92. The van der Waals surface area contributed by atoms with Crippen LogP contribution in [-0.4, -0.2) is 11.1 Å². The molecule has 0 radical (unpaired) electrons. The van der Waals surface area contributed by atoms with E-state index in [9.17, 15) is 4.79 Å². The zero-order valence-corrected chi connectivity index (χ0v) is 9.18. The summed E-state index contributed by atoms with van der Waals surface area (Å²) in [4.78, 5) is 11.6. The molecule has 1 aromatic rings. The van der Waals surface area contributed by atoms with Crippen LogP contribution in [0.3, 0.4) is 0 Å². The quantitative estimate of drug-likeness (QED) is 0.462. The summed E-state index contributed by atoms with van der Waals surface area (Å²) in [6.07, 6.45) is 0. The Kier molecular flexibility index (Phi) is 4.19. The first-order valence-corrected chi connectivity index (χ1v) is 5.30. The molecule has 0 unspecified atom stereocenters. The Labute approximate surface area is 90.5 Å². The van der Waals surface area contributed by atoms with E-state index >= 15 is 0 Å². The molecule has 0 heterocycles. The minimum Gasteiger partial charge on any atom is -0.289 e. The zero-order valence-electron chi connectivity index (χ0n) is 6.84. The van der Waals surface area contributed by atoms with Crippen molar-refractivity contribution in [1.29, 1.82) is 0 Å². The summed E-state index contributed by atoms with van der Waals surface area (Å²) >= 11 is 8.70. The van der Waals surface area contributed by atoms with Crippen LogP contribution in [0, 0.1) is 0 Å². The van der Waals surface area contributed by atoms with Crippen LogP contribution in [0.4, 0.5) is 0 Å². The number of hydrogen-bond acceptors (Lipinski definition) is 1. The molecule has 0 bridgehead atoms. The Hall–Kier alpha value is -0.600. The van der Waals surface area contributed by atoms with Crippen molar-refractivity contribution in [2.75, 3.05) is 5.33 Å². The molecule has 1 aromatic carbocycles. The summed E-state index contributed by atoms with van der Waals surface area (Å²) in [5, 5.41) is 0.476. The monoisotopic (exact) mass is 258 g/mol. The third-order valence-electron chi connectivity index (χ3n) is 1.60. The molecule has 0 aromatic heterocycles. The van der Waals surface area contributed by atoms with Crippen molar-refractivity contribution in [3.8, 4) is 0 Å². The minimum absolute atomic E-state index is 0.0347.